The second-order valence-corrected chi connectivity index (χ2v) is 3.51. The van der Waals surface area contributed by atoms with Gasteiger partial charge in [-0.1, -0.05) is 0 Å². The molecule has 60 valence electrons. The monoisotopic (exact) mass is 151 g/mol. The van der Waals surface area contributed by atoms with Gasteiger partial charge in [0, 0.05) is 25.4 Å². The van der Waals surface area contributed by atoms with E-state index in [4.69, 9.17) is 0 Å². The van der Waals surface area contributed by atoms with Crippen LogP contribution < -0.4 is 0 Å². The molecule has 2 nitrogen and oxygen atoms in total. The molecule has 1 aliphatic carbocycles. The predicted molar refractivity (Wildman–Crippen MR) is 43.3 cm³/mol. The summed E-state index contributed by atoms with van der Waals surface area (Å²) in [6.45, 7) is 0. The highest BCUT2D eigenvalue weighted by Crippen LogP contribution is 2.38. The molecule has 1 heterocycles. The van der Waals surface area contributed by atoms with Crippen LogP contribution in [-0.4, -0.2) is 15.3 Å². The maximum Gasteiger partial charge on any atom is 0.0704 e. The lowest BCUT2D eigenvalue weighted by atomic mass is 10.2. The summed E-state index contributed by atoms with van der Waals surface area (Å²) in [5.41, 5.74) is 0.872. The topological polar surface area (TPSA) is 25.2 Å². The molecule has 0 bridgehead atoms. The fraction of sp³-hybridized carbons (Fsp3) is 0.556. The number of nitrogens with zero attached hydrogens (tertiary/aromatic N) is 1. The molecule has 11 heavy (non-hydrogen) atoms. The zero-order valence-corrected chi connectivity index (χ0v) is 6.75. The summed E-state index contributed by atoms with van der Waals surface area (Å²) in [5, 5.41) is 9.61. The third-order valence-corrected chi connectivity index (χ3v) is 2.39. The first kappa shape index (κ1) is 6.92. The fourth-order valence-electron chi connectivity index (χ4n) is 1.34. The van der Waals surface area contributed by atoms with Crippen LogP contribution in [0, 0.1) is 0 Å². The average Bonchev–Trinajstić information content (AvgIpc) is 2.54. The number of rotatable bonds is 2. The van der Waals surface area contributed by atoms with E-state index < -0.39 is 0 Å². The van der Waals surface area contributed by atoms with E-state index in [2.05, 4.69) is 10.6 Å². The maximum absolute atomic E-state index is 9.61. The number of hydrogen-bond acceptors (Lipinski definition) is 1. The Kier molecular flexibility index (Phi) is 1.33. The van der Waals surface area contributed by atoms with E-state index in [1.54, 1.807) is 0 Å². The third kappa shape index (κ3) is 1.31. The molecule has 0 amide bonds. The highest BCUT2D eigenvalue weighted by atomic mass is 16.3. The van der Waals surface area contributed by atoms with Gasteiger partial charge in [0.2, 0.25) is 0 Å². The first-order chi connectivity index (χ1) is 5.20. The van der Waals surface area contributed by atoms with E-state index >= 15 is 0 Å². The summed E-state index contributed by atoms with van der Waals surface area (Å²) in [5.74, 6) is 0. The normalized spacial score (nSPS) is 20.2. The molecule has 0 spiro atoms. The second kappa shape index (κ2) is 2.11. The van der Waals surface area contributed by atoms with Crippen molar-refractivity contribution in [2.75, 3.05) is 0 Å². The van der Waals surface area contributed by atoms with Gasteiger partial charge in [-0.3, -0.25) is 0 Å². The van der Waals surface area contributed by atoms with Gasteiger partial charge in [-0.15, -0.1) is 0 Å². The lowest BCUT2D eigenvalue weighted by molar-refractivity contribution is 0.149. The molecule has 1 fully saturated rings. The Hall–Kier alpha value is -0.760. The minimum atomic E-state index is -0.355. The van der Waals surface area contributed by atoms with Crippen LogP contribution in [0.1, 0.15) is 18.5 Å². The number of aromatic nitrogens is 1. The van der Waals surface area contributed by atoms with Gasteiger partial charge in [0.15, 0.2) is 0 Å². The van der Waals surface area contributed by atoms with E-state index in [9.17, 15) is 5.11 Å². The van der Waals surface area contributed by atoms with Gasteiger partial charge in [0.05, 0.1) is 5.60 Å². The van der Waals surface area contributed by atoms with Gasteiger partial charge >= 0.3 is 0 Å². The molecular formula is C9H13NO. The van der Waals surface area contributed by atoms with Crippen molar-refractivity contribution in [2.45, 2.75) is 24.9 Å². The van der Waals surface area contributed by atoms with Crippen LogP contribution in [0.25, 0.3) is 0 Å². The number of hydrogen-bond donors (Lipinski definition) is 1. The lowest BCUT2D eigenvalue weighted by Crippen LogP contribution is -2.12. The summed E-state index contributed by atoms with van der Waals surface area (Å²) >= 11 is 0. The van der Waals surface area contributed by atoms with Gasteiger partial charge < -0.3 is 9.67 Å². The van der Waals surface area contributed by atoms with E-state index in [1.807, 2.05) is 19.3 Å². The van der Waals surface area contributed by atoms with Crippen LogP contribution in [0.4, 0.5) is 0 Å². The van der Waals surface area contributed by atoms with E-state index in [0.29, 0.717) is 0 Å². The molecule has 0 radical (unpaired) electrons. The Balaban J connectivity index is 2.12. The van der Waals surface area contributed by atoms with Crippen molar-refractivity contribution in [2.24, 2.45) is 7.05 Å². The molecule has 0 saturated heterocycles. The highest BCUT2D eigenvalue weighted by Gasteiger charge is 2.40. The van der Waals surface area contributed by atoms with Gasteiger partial charge in [-0.2, -0.15) is 0 Å². The molecule has 1 N–H and O–H groups in total. The van der Waals surface area contributed by atoms with E-state index in [0.717, 1.165) is 19.3 Å². The summed E-state index contributed by atoms with van der Waals surface area (Å²) < 4.78 is 2.07. The predicted octanol–water partition coefficient (Wildman–Crippen LogP) is 1.09. The van der Waals surface area contributed by atoms with Crippen LogP contribution in [0.2, 0.25) is 0 Å². The van der Waals surface area contributed by atoms with Crippen molar-refractivity contribution in [3.05, 3.63) is 24.0 Å². The smallest absolute Gasteiger partial charge is 0.0704 e. The zero-order valence-electron chi connectivity index (χ0n) is 6.75. The molecule has 1 aliphatic rings. The molecule has 2 heteroatoms. The molecule has 1 aromatic rings. The van der Waals surface area contributed by atoms with E-state index in [-0.39, 0.29) is 5.60 Å². The van der Waals surface area contributed by atoms with Gasteiger partial charge in [0.1, 0.15) is 0 Å². The summed E-state index contributed by atoms with van der Waals surface area (Å²) in [6, 6.07) is 4.08. The van der Waals surface area contributed by atoms with Crippen LogP contribution in [0.15, 0.2) is 18.3 Å². The van der Waals surface area contributed by atoms with E-state index in [1.165, 1.54) is 5.69 Å². The molecule has 0 atom stereocenters. The molecule has 1 aromatic heterocycles. The fourth-order valence-corrected chi connectivity index (χ4v) is 1.34. The molecule has 0 unspecified atom stereocenters. The Bertz CT molecular complexity index is 260. The molecule has 0 aromatic carbocycles. The first-order valence-electron chi connectivity index (χ1n) is 4.02. The Labute approximate surface area is 66.5 Å². The zero-order chi connectivity index (χ0) is 7.90. The molecular weight excluding hydrogens is 138 g/mol. The Morgan fingerprint density at radius 2 is 2.36 bits per heavy atom. The molecule has 0 aliphatic heterocycles. The van der Waals surface area contributed by atoms with Crippen molar-refractivity contribution in [3.8, 4) is 0 Å². The highest BCUT2D eigenvalue weighted by molar-refractivity contribution is 5.13. The minimum Gasteiger partial charge on any atom is -0.389 e. The quantitative estimate of drug-likeness (QED) is 0.672. The first-order valence-corrected chi connectivity index (χ1v) is 4.02. The van der Waals surface area contributed by atoms with Crippen LogP contribution in [-0.2, 0) is 13.5 Å². The second-order valence-electron chi connectivity index (χ2n) is 3.51. The molecule has 2 rings (SSSR count). The van der Waals surface area contributed by atoms with Crippen molar-refractivity contribution >= 4 is 0 Å². The Morgan fingerprint density at radius 1 is 1.64 bits per heavy atom. The third-order valence-electron chi connectivity index (χ3n) is 2.39. The SMILES string of the molecule is Cn1cccc1CC1(O)CC1. The summed E-state index contributed by atoms with van der Waals surface area (Å²) in [7, 11) is 2.01. The van der Waals surface area contributed by atoms with Gasteiger partial charge in [-0.25, -0.2) is 0 Å². The number of aryl methyl sites for hydroxylation is 1. The maximum atomic E-state index is 9.61. The minimum absolute atomic E-state index is 0.355. The summed E-state index contributed by atoms with van der Waals surface area (Å²) in [6.07, 6.45) is 4.77. The van der Waals surface area contributed by atoms with Crippen molar-refractivity contribution in [1.29, 1.82) is 0 Å². The number of aliphatic hydroxyl groups is 1. The van der Waals surface area contributed by atoms with Crippen molar-refractivity contribution in [3.63, 3.8) is 0 Å². The average molecular weight is 151 g/mol. The van der Waals surface area contributed by atoms with Crippen LogP contribution in [0.3, 0.4) is 0 Å². The van der Waals surface area contributed by atoms with Gasteiger partial charge in [-0.05, 0) is 25.0 Å². The van der Waals surface area contributed by atoms with Gasteiger partial charge in [0.25, 0.3) is 0 Å². The van der Waals surface area contributed by atoms with Crippen molar-refractivity contribution in [1.82, 2.24) is 4.57 Å². The molecule has 1 saturated carbocycles. The lowest BCUT2D eigenvalue weighted by Gasteiger charge is -2.07. The van der Waals surface area contributed by atoms with Crippen LogP contribution >= 0.6 is 0 Å². The Morgan fingerprint density at radius 3 is 2.82 bits per heavy atom. The summed E-state index contributed by atoms with van der Waals surface area (Å²) in [4.78, 5) is 0. The standard InChI is InChI=1S/C9H13NO/c1-10-6-2-3-8(10)7-9(11)4-5-9/h2-3,6,11H,4-5,7H2,1H3. The van der Waals surface area contributed by atoms with Crippen LogP contribution in [0.5, 0.6) is 0 Å². The largest absolute Gasteiger partial charge is 0.389 e. The van der Waals surface area contributed by atoms with Crippen molar-refractivity contribution < 1.29 is 5.11 Å².